The molecule has 140 valence electrons. The maximum Gasteiger partial charge on any atom is 0.305 e. The molecule has 0 aromatic carbocycles. The van der Waals surface area contributed by atoms with E-state index in [2.05, 4.69) is 42.8 Å². The summed E-state index contributed by atoms with van der Waals surface area (Å²) in [5.74, 6) is 0.672. The van der Waals surface area contributed by atoms with Crippen molar-refractivity contribution in [1.29, 1.82) is 0 Å². The van der Waals surface area contributed by atoms with Gasteiger partial charge in [0.15, 0.2) is 5.96 Å². The average Bonchev–Trinajstić information content (AvgIpc) is 3.34. The molecule has 1 aliphatic heterocycles. The maximum atomic E-state index is 11.1. The normalized spacial score (nSPS) is 16.6. The van der Waals surface area contributed by atoms with Gasteiger partial charge in [-0.05, 0) is 50.2 Å². The molecule has 0 saturated carbocycles. The predicted octanol–water partition coefficient (Wildman–Crippen LogP) is 2.39. The van der Waals surface area contributed by atoms with Gasteiger partial charge in [0.25, 0.3) is 0 Å². The van der Waals surface area contributed by atoms with Crippen LogP contribution in [0.15, 0.2) is 22.5 Å². The highest BCUT2D eigenvalue weighted by Crippen LogP contribution is 2.27. The molecule has 2 heterocycles. The second kappa shape index (κ2) is 11.1. The molecule has 0 spiro atoms. The Labute approximate surface area is 154 Å². The van der Waals surface area contributed by atoms with Gasteiger partial charge < -0.3 is 15.4 Å². The van der Waals surface area contributed by atoms with Crippen molar-refractivity contribution in [2.45, 2.75) is 38.1 Å². The van der Waals surface area contributed by atoms with E-state index in [4.69, 9.17) is 0 Å². The van der Waals surface area contributed by atoms with E-state index in [9.17, 15) is 4.79 Å². The monoisotopic (exact) mass is 366 g/mol. The Morgan fingerprint density at radius 1 is 1.36 bits per heavy atom. The largest absolute Gasteiger partial charge is 0.469 e. The molecule has 1 atom stereocenters. The fourth-order valence-electron chi connectivity index (χ4n) is 3.06. The van der Waals surface area contributed by atoms with Crippen molar-refractivity contribution < 1.29 is 9.53 Å². The molecular weight excluding hydrogens is 336 g/mol. The molecule has 0 aliphatic carbocycles. The fourth-order valence-corrected chi connectivity index (χ4v) is 3.92. The minimum atomic E-state index is -0.146. The van der Waals surface area contributed by atoms with Gasteiger partial charge in [0.2, 0.25) is 0 Å². The number of hydrogen-bond acceptors (Lipinski definition) is 5. The molecule has 1 fully saturated rings. The minimum absolute atomic E-state index is 0.146. The highest BCUT2D eigenvalue weighted by atomic mass is 32.1. The number of carbonyl (C=O) groups excluding carboxylic acids is 1. The van der Waals surface area contributed by atoms with Crippen molar-refractivity contribution >= 4 is 23.3 Å². The standard InChI is InChI=1S/C18H30N4O2S/c1-19-18(20-10-4-3-9-17(23)24-2)21-14-15(16-8-7-13-25-16)22-11-5-6-12-22/h7-8,13,15H,3-6,9-12,14H2,1-2H3,(H2,19,20,21). The molecule has 1 unspecified atom stereocenters. The Morgan fingerprint density at radius 3 is 2.80 bits per heavy atom. The Kier molecular flexibility index (Phi) is 8.76. The van der Waals surface area contributed by atoms with Crippen molar-refractivity contribution in [2.24, 2.45) is 4.99 Å². The van der Waals surface area contributed by atoms with Crippen LogP contribution in [0.1, 0.15) is 43.0 Å². The van der Waals surface area contributed by atoms with Crippen LogP contribution in [-0.2, 0) is 9.53 Å². The van der Waals surface area contributed by atoms with E-state index < -0.39 is 0 Å². The lowest BCUT2D eigenvalue weighted by atomic mass is 10.2. The van der Waals surface area contributed by atoms with Gasteiger partial charge in [0.1, 0.15) is 0 Å². The number of nitrogens with zero attached hydrogens (tertiary/aromatic N) is 2. The van der Waals surface area contributed by atoms with Crippen molar-refractivity contribution in [3.8, 4) is 0 Å². The lowest BCUT2D eigenvalue weighted by Gasteiger charge is -2.27. The third-order valence-electron chi connectivity index (χ3n) is 4.47. The van der Waals surface area contributed by atoms with Crippen LogP contribution in [0, 0.1) is 0 Å². The van der Waals surface area contributed by atoms with Gasteiger partial charge >= 0.3 is 5.97 Å². The number of rotatable bonds is 9. The number of nitrogens with one attached hydrogen (secondary N) is 2. The summed E-state index contributed by atoms with van der Waals surface area (Å²) < 4.78 is 4.65. The highest BCUT2D eigenvalue weighted by Gasteiger charge is 2.24. The first-order valence-electron chi connectivity index (χ1n) is 9.03. The molecule has 6 nitrogen and oxygen atoms in total. The number of methoxy groups -OCH3 is 1. The first-order valence-corrected chi connectivity index (χ1v) is 9.91. The molecule has 0 bridgehead atoms. The van der Waals surface area contributed by atoms with Gasteiger partial charge in [-0.2, -0.15) is 0 Å². The van der Waals surface area contributed by atoms with Crippen LogP contribution in [0.3, 0.4) is 0 Å². The zero-order chi connectivity index (χ0) is 17.9. The molecule has 1 aromatic rings. The van der Waals surface area contributed by atoms with E-state index in [0.717, 1.165) is 31.9 Å². The van der Waals surface area contributed by atoms with E-state index >= 15 is 0 Å². The third-order valence-corrected chi connectivity index (χ3v) is 5.44. The molecule has 2 N–H and O–H groups in total. The fraction of sp³-hybridized carbons (Fsp3) is 0.667. The number of aliphatic imine (C=N–C) groups is 1. The molecule has 0 radical (unpaired) electrons. The number of guanidine groups is 1. The van der Waals surface area contributed by atoms with Gasteiger partial charge in [0, 0.05) is 31.4 Å². The molecule has 25 heavy (non-hydrogen) atoms. The number of unbranched alkanes of at least 4 members (excludes halogenated alkanes) is 1. The molecule has 2 rings (SSSR count). The van der Waals surface area contributed by atoms with Gasteiger partial charge in [0.05, 0.1) is 13.2 Å². The third kappa shape index (κ3) is 6.66. The van der Waals surface area contributed by atoms with Crippen LogP contribution in [0.25, 0.3) is 0 Å². The Morgan fingerprint density at radius 2 is 2.16 bits per heavy atom. The predicted molar refractivity (Wildman–Crippen MR) is 103 cm³/mol. The smallest absolute Gasteiger partial charge is 0.305 e. The number of likely N-dealkylation sites (tertiary alicyclic amines) is 1. The van der Waals surface area contributed by atoms with Crippen LogP contribution in [0.4, 0.5) is 0 Å². The lowest BCUT2D eigenvalue weighted by molar-refractivity contribution is -0.140. The second-order valence-corrected chi connectivity index (χ2v) is 7.17. The first-order chi connectivity index (χ1) is 12.2. The van der Waals surface area contributed by atoms with Gasteiger partial charge in [-0.3, -0.25) is 14.7 Å². The summed E-state index contributed by atoms with van der Waals surface area (Å²) in [6.45, 7) is 3.99. The number of thiophene rings is 1. The lowest BCUT2D eigenvalue weighted by Crippen LogP contribution is -2.42. The molecular formula is C18H30N4O2S. The van der Waals surface area contributed by atoms with Crippen molar-refractivity contribution in [3.63, 3.8) is 0 Å². The summed E-state index contributed by atoms with van der Waals surface area (Å²) in [6, 6.07) is 4.75. The van der Waals surface area contributed by atoms with Crippen molar-refractivity contribution in [3.05, 3.63) is 22.4 Å². The summed E-state index contributed by atoms with van der Waals surface area (Å²) >= 11 is 1.82. The summed E-state index contributed by atoms with van der Waals surface area (Å²) in [6.07, 6.45) is 4.78. The summed E-state index contributed by atoms with van der Waals surface area (Å²) in [5.41, 5.74) is 0. The quantitative estimate of drug-likeness (QED) is 0.304. The summed E-state index contributed by atoms with van der Waals surface area (Å²) in [5, 5.41) is 8.93. The van der Waals surface area contributed by atoms with Gasteiger partial charge in [-0.1, -0.05) is 6.07 Å². The minimum Gasteiger partial charge on any atom is -0.469 e. The molecule has 0 amide bonds. The second-order valence-electron chi connectivity index (χ2n) is 6.19. The zero-order valence-corrected chi connectivity index (χ0v) is 16.1. The number of esters is 1. The SMILES string of the molecule is CN=C(NCCCCC(=O)OC)NCC(c1cccs1)N1CCCC1. The van der Waals surface area contributed by atoms with Crippen molar-refractivity contribution in [2.75, 3.05) is 40.3 Å². The average molecular weight is 367 g/mol. The number of carbonyl (C=O) groups is 1. The molecule has 1 saturated heterocycles. The molecule has 7 heteroatoms. The van der Waals surface area contributed by atoms with E-state index in [1.807, 2.05) is 11.3 Å². The van der Waals surface area contributed by atoms with E-state index in [1.54, 1.807) is 7.05 Å². The van der Waals surface area contributed by atoms with Crippen molar-refractivity contribution in [1.82, 2.24) is 15.5 Å². The van der Waals surface area contributed by atoms with Gasteiger partial charge in [-0.25, -0.2) is 0 Å². The van der Waals surface area contributed by atoms with Crippen LogP contribution < -0.4 is 10.6 Å². The topological polar surface area (TPSA) is 66.0 Å². The summed E-state index contributed by atoms with van der Waals surface area (Å²) in [4.78, 5) is 19.4. The molecule has 1 aromatic heterocycles. The van der Waals surface area contributed by atoms with E-state index in [0.29, 0.717) is 12.5 Å². The Balaban J connectivity index is 1.75. The zero-order valence-electron chi connectivity index (χ0n) is 15.3. The van der Waals surface area contributed by atoms with Crippen LogP contribution >= 0.6 is 11.3 Å². The van der Waals surface area contributed by atoms with E-state index in [1.165, 1.54) is 37.9 Å². The number of ether oxygens (including phenoxy) is 1. The Hall–Kier alpha value is -1.60. The van der Waals surface area contributed by atoms with Crippen LogP contribution in [-0.4, -0.2) is 57.2 Å². The van der Waals surface area contributed by atoms with E-state index in [-0.39, 0.29) is 5.97 Å². The van der Waals surface area contributed by atoms with Gasteiger partial charge in [-0.15, -0.1) is 11.3 Å². The molecule has 1 aliphatic rings. The first kappa shape index (κ1) is 19.7. The maximum absolute atomic E-state index is 11.1. The Bertz CT molecular complexity index is 527. The highest BCUT2D eigenvalue weighted by molar-refractivity contribution is 7.10. The van der Waals surface area contributed by atoms with Crippen LogP contribution in [0.2, 0.25) is 0 Å². The number of hydrogen-bond donors (Lipinski definition) is 2. The summed E-state index contributed by atoms with van der Waals surface area (Å²) in [7, 11) is 3.22. The van der Waals surface area contributed by atoms with Crippen LogP contribution in [0.5, 0.6) is 0 Å².